The molecule has 0 atom stereocenters. The first-order chi connectivity index (χ1) is 19.2. The molecule has 0 bridgehead atoms. The predicted octanol–water partition coefficient (Wildman–Crippen LogP) is 5.64. The first-order valence-corrected chi connectivity index (χ1v) is 12.9. The third-order valence-corrected chi connectivity index (χ3v) is 6.52. The predicted molar refractivity (Wildman–Crippen MR) is 149 cm³/mol. The lowest BCUT2D eigenvalue weighted by molar-refractivity contribution is 0.0948. The summed E-state index contributed by atoms with van der Waals surface area (Å²) in [5.74, 6) is -0.277. The number of carbonyl (C=O) groups is 1. The molecule has 0 aliphatic heterocycles. The SMILES string of the molecule is O=C(N/N=c1/scc(-c2ccccc2)n1-c1ccccc1)c1cccc(-c2nnc(Nc3ccccc3)o2)n1. The van der Waals surface area contributed by atoms with Crippen molar-refractivity contribution < 1.29 is 9.21 Å². The number of amides is 1. The largest absolute Gasteiger partial charge is 0.401 e. The Morgan fingerprint density at radius 1 is 0.821 bits per heavy atom. The maximum Gasteiger partial charge on any atom is 0.320 e. The van der Waals surface area contributed by atoms with Crippen LogP contribution in [-0.2, 0) is 0 Å². The molecule has 1 amide bonds. The first-order valence-electron chi connectivity index (χ1n) is 12.0. The van der Waals surface area contributed by atoms with E-state index in [2.05, 4.69) is 31.0 Å². The van der Waals surface area contributed by atoms with Crippen molar-refractivity contribution in [3.63, 3.8) is 0 Å². The highest BCUT2D eigenvalue weighted by Gasteiger charge is 2.15. The van der Waals surface area contributed by atoms with Gasteiger partial charge in [-0.05, 0) is 42.0 Å². The molecule has 0 fully saturated rings. The highest BCUT2D eigenvalue weighted by atomic mass is 32.1. The number of para-hydroxylation sites is 2. The van der Waals surface area contributed by atoms with E-state index in [9.17, 15) is 4.79 Å². The Bertz CT molecular complexity index is 1780. The van der Waals surface area contributed by atoms with Crippen molar-refractivity contribution in [2.75, 3.05) is 5.32 Å². The molecule has 10 heteroatoms. The lowest BCUT2D eigenvalue weighted by atomic mass is 10.1. The minimum absolute atomic E-state index is 0.165. The van der Waals surface area contributed by atoms with Gasteiger partial charge in [-0.1, -0.05) is 77.9 Å². The summed E-state index contributed by atoms with van der Waals surface area (Å²) >= 11 is 1.43. The van der Waals surface area contributed by atoms with E-state index in [1.54, 1.807) is 18.2 Å². The topological polar surface area (TPSA) is 110 Å². The minimum Gasteiger partial charge on any atom is -0.401 e. The summed E-state index contributed by atoms with van der Waals surface area (Å²) in [7, 11) is 0. The summed E-state index contributed by atoms with van der Waals surface area (Å²) in [6.45, 7) is 0. The molecule has 9 nitrogen and oxygen atoms in total. The van der Waals surface area contributed by atoms with Gasteiger partial charge in [-0.2, -0.15) is 0 Å². The minimum atomic E-state index is -0.465. The highest BCUT2D eigenvalue weighted by molar-refractivity contribution is 7.07. The van der Waals surface area contributed by atoms with E-state index in [4.69, 9.17) is 4.42 Å². The van der Waals surface area contributed by atoms with Crippen molar-refractivity contribution in [2.24, 2.45) is 5.10 Å². The summed E-state index contributed by atoms with van der Waals surface area (Å²) in [4.78, 5) is 18.0. The van der Waals surface area contributed by atoms with Crippen molar-refractivity contribution in [1.29, 1.82) is 0 Å². The van der Waals surface area contributed by atoms with Crippen LogP contribution in [0.2, 0.25) is 0 Å². The average Bonchev–Trinajstić information content (AvgIpc) is 3.65. The Hall–Kier alpha value is -5.35. The zero-order chi connectivity index (χ0) is 26.4. The van der Waals surface area contributed by atoms with Gasteiger partial charge >= 0.3 is 6.01 Å². The zero-order valence-corrected chi connectivity index (χ0v) is 21.2. The van der Waals surface area contributed by atoms with Crippen molar-refractivity contribution >= 4 is 28.9 Å². The molecule has 6 aromatic rings. The van der Waals surface area contributed by atoms with Gasteiger partial charge in [-0.15, -0.1) is 21.5 Å². The third kappa shape index (κ3) is 5.36. The molecule has 0 saturated carbocycles. The van der Waals surface area contributed by atoms with Gasteiger partial charge in [0.2, 0.25) is 4.80 Å². The van der Waals surface area contributed by atoms with E-state index >= 15 is 0 Å². The average molecular weight is 532 g/mol. The van der Waals surface area contributed by atoms with Gasteiger partial charge in [0.1, 0.15) is 11.4 Å². The summed E-state index contributed by atoms with van der Waals surface area (Å²) in [5, 5.41) is 17.6. The van der Waals surface area contributed by atoms with Crippen LogP contribution in [0.3, 0.4) is 0 Å². The molecular formula is C29H21N7O2S. The molecule has 3 aromatic heterocycles. The molecule has 6 rings (SSSR count). The van der Waals surface area contributed by atoms with Gasteiger partial charge in [-0.3, -0.25) is 9.36 Å². The van der Waals surface area contributed by atoms with E-state index in [0.717, 1.165) is 22.6 Å². The summed E-state index contributed by atoms with van der Waals surface area (Å²) in [6, 6.07) is 34.6. The fourth-order valence-electron chi connectivity index (χ4n) is 3.88. The lowest BCUT2D eigenvalue weighted by Gasteiger charge is -2.09. The number of nitrogens with one attached hydrogen (secondary N) is 2. The summed E-state index contributed by atoms with van der Waals surface area (Å²) in [6.07, 6.45) is 0. The van der Waals surface area contributed by atoms with Gasteiger partial charge in [0, 0.05) is 16.8 Å². The number of carbonyl (C=O) groups excluding carboxylic acids is 1. The van der Waals surface area contributed by atoms with E-state index in [0.29, 0.717) is 10.5 Å². The Morgan fingerprint density at radius 2 is 1.54 bits per heavy atom. The van der Waals surface area contributed by atoms with Gasteiger partial charge in [0.15, 0.2) is 0 Å². The standard InChI is InChI=1S/C29H21N7O2S/c37-26(23-17-10-18-24(31-23)27-33-34-28(38-27)30-21-13-6-2-7-14-21)32-35-29-36(22-15-8-3-9-16-22)25(19-39-29)20-11-4-1-5-12-20/h1-19H,(H,30,34)(H,32,37)/b35-29+. The Labute approximate surface area is 227 Å². The number of aromatic nitrogens is 4. The summed E-state index contributed by atoms with van der Waals surface area (Å²) in [5.41, 5.74) is 6.93. The molecule has 190 valence electrons. The Balaban J connectivity index is 1.26. The van der Waals surface area contributed by atoms with E-state index in [1.807, 2.05) is 101 Å². The molecule has 0 aliphatic rings. The number of rotatable bonds is 7. The Morgan fingerprint density at radius 3 is 2.31 bits per heavy atom. The number of hydrogen-bond acceptors (Lipinski definition) is 8. The first kappa shape index (κ1) is 24.0. The van der Waals surface area contributed by atoms with Gasteiger partial charge in [0.25, 0.3) is 11.8 Å². The van der Waals surface area contributed by atoms with Crippen molar-refractivity contribution in [1.82, 2.24) is 25.2 Å². The monoisotopic (exact) mass is 531 g/mol. The van der Waals surface area contributed by atoms with Crippen LogP contribution < -0.4 is 15.5 Å². The molecule has 39 heavy (non-hydrogen) atoms. The van der Waals surface area contributed by atoms with Crippen LogP contribution in [0.25, 0.3) is 28.5 Å². The normalized spacial score (nSPS) is 11.3. The van der Waals surface area contributed by atoms with E-state index in [-0.39, 0.29) is 17.6 Å². The zero-order valence-electron chi connectivity index (χ0n) is 20.4. The van der Waals surface area contributed by atoms with Gasteiger partial charge < -0.3 is 9.73 Å². The Kier molecular flexibility index (Phi) is 6.74. The van der Waals surface area contributed by atoms with Crippen molar-refractivity contribution in [2.45, 2.75) is 0 Å². The van der Waals surface area contributed by atoms with Crippen LogP contribution in [0.4, 0.5) is 11.7 Å². The number of hydrogen-bond donors (Lipinski definition) is 2. The highest BCUT2D eigenvalue weighted by Crippen LogP contribution is 2.23. The molecular weight excluding hydrogens is 510 g/mol. The van der Waals surface area contributed by atoms with Crippen LogP contribution in [0, 0.1) is 0 Å². The number of benzene rings is 3. The summed E-state index contributed by atoms with van der Waals surface area (Å²) < 4.78 is 7.70. The molecule has 0 saturated heterocycles. The van der Waals surface area contributed by atoms with Crippen LogP contribution >= 0.6 is 11.3 Å². The van der Waals surface area contributed by atoms with E-state index < -0.39 is 5.91 Å². The second kappa shape index (κ2) is 11.0. The van der Waals surface area contributed by atoms with Crippen LogP contribution in [0.1, 0.15) is 10.5 Å². The smallest absolute Gasteiger partial charge is 0.320 e. The number of nitrogens with zero attached hydrogens (tertiary/aromatic N) is 5. The molecule has 0 spiro atoms. The number of pyridine rings is 1. The fraction of sp³-hybridized carbons (Fsp3) is 0. The third-order valence-electron chi connectivity index (χ3n) is 5.70. The maximum atomic E-state index is 13.0. The number of anilines is 2. The van der Waals surface area contributed by atoms with Gasteiger partial charge in [-0.25, -0.2) is 10.4 Å². The van der Waals surface area contributed by atoms with Gasteiger partial charge in [0.05, 0.1) is 5.69 Å². The van der Waals surface area contributed by atoms with Crippen LogP contribution in [-0.4, -0.2) is 25.7 Å². The van der Waals surface area contributed by atoms with Crippen molar-refractivity contribution in [3.05, 3.63) is 125 Å². The molecule has 3 aromatic carbocycles. The number of thiazole rings is 1. The van der Waals surface area contributed by atoms with E-state index in [1.165, 1.54) is 11.3 Å². The lowest BCUT2D eigenvalue weighted by Crippen LogP contribution is -2.24. The molecule has 3 heterocycles. The molecule has 0 unspecified atom stereocenters. The van der Waals surface area contributed by atoms with Crippen molar-refractivity contribution in [3.8, 4) is 28.5 Å². The maximum absolute atomic E-state index is 13.0. The quantitative estimate of drug-likeness (QED) is 0.258. The van der Waals surface area contributed by atoms with Crippen LogP contribution in [0.15, 0.2) is 124 Å². The van der Waals surface area contributed by atoms with Crippen LogP contribution in [0.5, 0.6) is 0 Å². The second-order valence-electron chi connectivity index (χ2n) is 8.30. The molecule has 0 aliphatic carbocycles. The molecule has 2 N–H and O–H groups in total. The molecule has 0 radical (unpaired) electrons. The fourth-order valence-corrected chi connectivity index (χ4v) is 4.75. The second-order valence-corrected chi connectivity index (χ2v) is 9.14.